The van der Waals surface area contributed by atoms with Crippen molar-refractivity contribution in [2.75, 3.05) is 26.2 Å². The predicted molar refractivity (Wildman–Crippen MR) is 152 cm³/mol. The zero-order chi connectivity index (χ0) is 28.8. The number of unbranched alkanes of at least 4 members (excludes halogenated alkanes) is 10. The number of carboxylic acids is 3. The Hall–Kier alpha value is -1.89. The first-order valence-electron chi connectivity index (χ1n) is 15.3. The van der Waals surface area contributed by atoms with Crippen LogP contribution in [0.15, 0.2) is 12.2 Å². The van der Waals surface area contributed by atoms with E-state index in [-0.39, 0.29) is 24.1 Å². The highest BCUT2D eigenvalue weighted by molar-refractivity contribution is 5.70. The smallest absolute Gasteiger partial charge is 0.312 e. The molecular formula is C31H57NO6. The Labute approximate surface area is 232 Å². The zero-order valence-electron chi connectivity index (χ0n) is 24.8. The molecule has 0 saturated carbocycles. The standard InChI is InChI=1S/C31H57NO6/c1-5-9-10-11-12-13-14-15-16-17-18-19-20-21-22-32(23-26(6-2)29(33)34,24-27(7-3)30(35)36)25-28(8-4)31(37)38/h15-16,26-28H,5-14,17-25H2,1-4H3,(H2-,33,34,35,36,37,38)/b16-15+. The largest absolute Gasteiger partial charge is 0.550 e. The molecule has 0 heterocycles. The lowest BCUT2D eigenvalue weighted by Gasteiger charge is -2.44. The number of quaternary nitrogens is 1. The average molecular weight is 540 g/mol. The number of nitrogens with zero attached hydrogens (tertiary/aromatic N) is 1. The highest BCUT2D eigenvalue weighted by Crippen LogP contribution is 2.25. The molecule has 0 aliphatic heterocycles. The van der Waals surface area contributed by atoms with Crippen LogP contribution in [0.2, 0.25) is 0 Å². The van der Waals surface area contributed by atoms with Crippen molar-refractivity contribution in [1.29, 1.82) is 0 Å². The van der Waals surface area contributed by atoms with Gasteiger partial charge in [0.15, 0.2) is 0 Å². The minimum atomic E-state index is -1.14. The third-order valence-electron chi connectivity index (χ3n) is 7.98. The number of carboxylic acid groups (broad SMARTS) is 3. The molecule has 0 fully saturated rings. The van der Waals surface area contributed by atoms with Crippen LogP contribution in [0.25, 0.3) is 0 Å². The minimum Gasteiger partial charge on any atom is -0.550 e. The molecule has 0 aliphatic carbocycles. The highest BCUT2D eigenvalue weighted by atomic mass is 16.4. The molecule has 38 heavy (non-hydrogen) atoms. The van der Waals surface area contributed by atoms with Gasteiger partial charge in [0, 0.05) is 5.92 Å². The number of aliphatic carboxylic acids is 3. The molecule has 2 N–H and O–H groups in total. The summed E-state index contributed by atoms with van der Waals surface area (Å²) >= 11 is 0. The van der Waals surface area contributed by atoms with Crippen molar-refractivity contribution in [3.8, 4) is 0 Å². The summed E-state index contributed by atoms with van der Waals surface area (Å²) < 4.78 is 0.209. The van der Waals surface area contributed by atoms with Gasteiger partial charge in [-0.3, -0.25) is 9.59 Å². The normalized spacial score (nSPS) is 15.7. The van der Waals surface area contributed by atoms with E-state index in [0.29, 0.717) is 25.8 Å². The van der Waals surface area contributed by atoms with Crippen LogP contribution in [0, 0.1) is 17.8 Å². The fraction of sp³-hybridized carbons (Fsp3) is 0.839. The number of carbonyl (C=O) groups excluding carboxylic acids is 1. The van der Waals surface area contributed by atoms with Crippen LogP contribution in [0.1, 0.15) is 124 Å². The summed E-state index contributed by atoms with van der Waals surface area (Å²) in [6.45, 7) is 8.97. The highest BCUT2D eigenvalue weighted by Gasteiger charge is 2.39. The summed E-state index contributed by atoms with van der Waals surface area (Å²) in [5.41, 5.74) is 0. The Kier molecular flexibility index (Phi) is 20.9. The van der Waals surface area contributed by atoms with Gasteiger partial charge in [0.05, 0.1) is 32.1 Å². The van der Waals surface area contributed by atoms with Crippen LogP contribution in [0.3, 0.4) is 0 Å². The molecule has 3 atom stereocenters. The van der Waals surface area contributed by atoms with Gasteiger partial charge in [0.1, 0.15) is 11.8 Å². The molecule has 0 saturated heterocycles. The van der Waals surface area contributed by atoms with E-state index in [0.717, 1.165) is 38.5 Å². The van der Waals surface area contributed by atoms with Gasteiger partial charge in [-0.25, -0.2) is 0 Å². The van der Waals surface area contributed by atoms with Crippen LogP contribution in [0.5, 0.6) is 0 Å². The molecule has 0 rings (SSSR count). The Balaban J connectivity index is 5.09. The molecule has 7 nitrogen and oxygen atoms in total. The molecule has 0 aromatic rings. The van der Waals surface area contributed by atoms with Crippen LogP contribution in [-0.2, 0) is 14.4 Å². The number of allylic oxidation sites excluding steroid dienone is 2. The lowest BCUT2D eigenvalue weighted by molar-refractivity contribution is -0.935. The Morgan fingerprint density at radius 1 is 0.632 bits per heavy atom. The van der Waals surface area contributed by atoms with Gasteiger partial charge < -0.3 is 24.6 Å². The molecule has 222 valence electrons. The number of hydrogen-bond donors (Lipinski definition) is 2. The van der Waals surface area contributed by atoms with E-state index >= 15 is 0 Å². The van der Waals surface area contributed by atoms with Gasteiger partial charge in [0.2, 0.25) is 0 Å². The second-order valence-corrected chi connectivity index (χ2v) is 11.2. The van der Waals surface area contributed by atoms with Crippen LogP contribution in [-0.4, -0.2) is 58.8 Å². The van der Waals surface area contributed by atoms with Gasteiger partial charge in [-0.15, -0.1) is 0 Å². The van der Waals surface area contributed by atoms with Crippen molar-refractivity contribution in [1.82, 2.24) is 0 Å². The van der Waals surface area contributed by atoms with Crippen LogP contribution >= 0.6 is 0 Å². The first-order chi connectivity index (χ1) is 18.2. The summed E-state index contributed by atoms with van der Waals surface area (Å²) in [6, 6.07) is 0. The number of carbonyl (C=O) groups is 3. The van der Waals surface area contributed by atoms with Gasteiger partial charge in [-0.1, -0.05) is 78.4 Å². The fourth-order valence-electron chi connectivity index (χ4n) is 5.38. The lowest BCUT2D eigenvalue weighted by atomic mass is 9.95. The van der Waals surface area contributed by atoms with E-state index < -0.39 is 35.7 Å². The molecule has 0 aliphatic rings. The van der Waals surface area contributed by atoms with E-state index in [1.165, 1.54) is 38.5 Å². The molecule has 3 unspecified atom stereocenters. The first kappa shape index (κ1) is 36.1. The van der Waals surface area contributed by atoms with E-state index in [2.05, 4.69) is 19.1 Å². The second kappa shape index (κ2) is 22.0. The van der Waals surface area contributed by atoms with Crippen molar-refractivity contribution < 1.29 is 34.2 Å². The Morgan fingerprint density at radius 3 is 1.42 bits per heavy atom. The Morgan fingerprint density at radius 2 is 1.03 bits per heavy atom. The summed E-state index contributed by atoms with van der Waals surface area (Å²) in [5.74, 6) is -4.98. The van der Waals surface area contributed by atoms with Gasteiger partial charge in [0.25, 0.3) is 0 Å². The molecule has 0 aromatic carbocycles. The summed E-state index contributed by atoms with van der Waals surface area (Å²) in [6.07, 6.45) is 19.8. The molecule has 0 radical (unpaired) electrons. The van der Waals surface area contributed by atoms with Crippen molar-refractivity contribution in [2.45, 2.75) is 124 Å². The maximum absolute atomic E-state index is 11.9. The van der Waals surface area contributed by atoms with Crippen molar-refractivity contribution in [3.05, 3.63) is 12.2 Å². The van der Waals surface area contributed by atoms with E-state index in [4.69, 9.17) is 0 Å². The van der Waals surface area contributed by atoms with Crippen molar-refractivity contribution >= 4 is 17.9 Å². The maximum Gasteiger partial charge on any atom is 0.312 e. The van der Waals surface area contributed by atoms with Crippen LogP contribution < -0.4 is 5.11 Å². The quantitative estimate of drug-likeness (QED) is 0.0784. The molecule has 0 aromatic heterocycles. The topological polar surface area (TPSA) is 115 Å². The van der Waals surface area contributed by atoms with Crippen molar-refractivity contribution in [3.63, 3.8) is 0 Å². The molecule has 0 bridgehead atoms. The van der Waals surface area contributed by atoms with E-state index in [1.54, 1.807) is 6.92 Å². The van der Waals surface area contributed by atoms with Gasteiger partial charge in [-0.2, -0.15) is 0 Å². The maximum atomic E-state index is 11.9. The first-order valence-corrected chi connectivity index (χ1v) is 15.3. The zero-order valence-corrected chi connectivity index (χ0v) is 24.8. The third kappa shape index (κ3) is 16.2. The summed E-state index contributed by atoms with van der Waals surface area (Å²) in [7, 11) is 0. The van der Waals surface area contributed by atoms with Gasteiger partial charge in [-0.05, 0) is 57.8 Å². The fourth-order valence-corrected chi connectivity index (χ4v) is 5.38. The van der Waals surface area contributed by atoms with E-state index in [9.17, 15) is 29.7 Å². The second-order valence-electron chi connectivity index (χ2n) is 11.2. The number of rotatable bonds is 26. The average Bonchev–Trinajstić information content (AvgIpc) is 2.88. The molecule has 0 amide bonds. The third-order valence-corrected chi connectivity index (χ3v) is 7.98. The van der Waals surface area contributed by atoms with Crippen molar-refractivity contribution in [2.24, 2.45) is 17.8 Å². The molecule has 0 spiro atoms. The lowest BCUT2D eigenvalue weighted by Crippen LogP contribution is -2.59. The SMILES string of the molecule is CCCCCCCC/C=C/CCCCCC[N+](CC(CC)C(=O)[O-])(CC(CC)C(=O)O)CC(CC)C(=O)O. The summed E-state index contributed by atoms with van der Waals surface area (Å²) in [4.78, 5) is 35.7. The minimum absolute atomic E-state index is 0.209. The number of hydrogen-bond acceptors (Lipinski definition) is 4. The molecular weight excluding hydrogens is 482 g/mol. The van der Waals surface area contributed by atoms with Gasteiger partial charge >= 0.3 is 11.9 Å². The van der Waals surface area contributed by atoms with Crippen LogP contribution in [0.4, 0.5) is 0 Å². The monoisotopic (exact) mass is 539 g/mol. The predicted octanol–water partition coefficient (Wildman–Crippen LogP) is 6.06. The molecule has 7 heteroatoms. The Bertz CT molecular complexity index is 617. The van der Waals surface area contributed by atoms with E-state index in [1.807, 2.05) is 13.8 Å². The summed E-state index contributed by atoms with van der Waals surface area (Å²) in [5, 5.41) is 31.4.